The molecular weight excluding hydrogens is 415 g/mol. The number of hydrogen-bond donors (Lipinski definition) is 2. The summed E-state index contributed by atoms with van der Waals surface area (Å²) in [6.45, 7) is 5.79. The first-order chi connectivity index (χ1) is 14.3. The van der Waals surface area contributed by atoms with E-state index >= 15 is 4.39 Å². The second-order valence-electron chi connectivity index (χ2n) is 7.67. The van der Waals surface area contributed by atoms with E-state index in [0.29, 0.717) is 18.0 Å². The Balaban J connectivity index is 2.12. The van der Waals surface area contributed by atoms with Crippen LogP contribution in [-0.2, 0) is 16.1 Å². The number of hydroxylamine groups is 2. The Bertz CT molecular complexity index is 740. The highest BCUT2D eigenvalue weighted by Gasteiger charge is 2.28. The van der Waals surface area contributed by atoms with Crippen molar-refractivity contribution < 1.29 is 19.2 Å². The van der Waals surface area contributed by atoms with Crippen LogP contribution >= 0.6 is 11.6 Å². The largest absolute Gasteiger partial charge is 0.350 e. The predicted molar refractivity (Wildman–Crippen MR) is 111 cm³/mol. The van der Waals surface area contributed by atoms with Gasteiger partial charge in [0.05, 0.1) is 19.0 Å². The zero-order chi connectivity index (χ0) is 22.3. The molecule has 2 heterocycles. The molecule has 0 spiro atoms. The van der Waals surface area contributed by atoms with Gasteiger partial charge >= 0.3 is 0 Å². The van der Waals surface area contributed by atoms with E-state index in [1.807, 2.05) is 25.8 Å². The molecule has 2 atom stereocenters. The minimum absolute atomic E-state index is 0.00467. The van der Waals surface area contributed by atoms with Crippen LogP contribution in [0.1, 0.15) is 38.8 Å². The standard InChI is InChI=1S/C19H30ClFN6O3/c1-4-5-6-14(11-26(30)12-28)18(29)22-9-15-16(21)17(24-19(20)23-15)27-8-7-25(3)10-13(27)2/h12-14,30H,4-11H2,1-3H3,(H,22,29)/t13-,14-/m1/s1. The van der Waals surface area contributed by atoms with E-state index in [4.69, 9.17) is 11.6 Å². The van der Waals surface area contributed by atoms with Gasteiger partial charge in [0.1, 0.15) is 5.69 Å². The number of nitrogens with one attached hydrogen (secondary N) is 1. The first-order valence-corrected chi connectivity index (χ1v) is 10.5. The number of nitrogens with zero attached hydrogens (tertiary/aromatic N) is 5. The summed E-state index contributed by atoms with van der Waals surface area (Å²) in [5.41, 5.74) is -0.00467. The maximum absolute atomic E-state index is 15.1. The lowest BCUT2D eigenvalue weighted by molar-refractivity contribution is -0.154. The summed E-state index contributed by atoms with van der Waals surface area (Å²) >= 11 is 6.03. The van der Waals surface area contributed by atoms with Gasteiger partial charge in [-0.15, -0.1) is 0 Å². The van der Waals surface area contributed by atoms with E-state index < -0.39 is 17.6 Å². The van der Waals surface area contributed by atoms with Crippen molar-refractivity contribution in [2.24, 2.45) is 5.92 Å². The average molecular weight is 445 g/mol. The number of hydrogen-bond acceptors (Lipinski definition) is 7. The van der Waals surface area contributed by atoms with Crippen molar-refractivity contribution >= 4 is 29.7 Å². The summed E-state index contributed by atoms with van der Waals surface area (Å²) in [6.07, 6.45) is 2.35. The fraction of sp³-hybridized carbons (Fsp3) is 0.684. The Labute approximate surface area is 181 Å². The monoisotopic (exact) mass is 444 g/mol. The topological polar surface area (TPSA) is 102 Å². The highest BCUT2D eigenvalue weighted by molar-refractivity contribution is 6.28. The molecule has 9 nitrogen and oxygen atoms in total. The molecule has 1 fully saturated rings. The van der Waals surface area contributed by atoms with Crippen molar-refractivity contribution in [3.63, 3.8) is 0 Å². The van der Waals surface area contributed by atoms with Gasteiger partial charge in [-0.1, -0.05) is 19.8 Å². The molecule has 0 radical (unpaired) electrons. The molecule has 0 aliphatic carbocycles. The van der Waals surface area contributed by atoms with Gasteiger partial charge in [-0.05, 0) is 32.0 Å². The number of anilines is 1. The third-order valence-corrected chi connectivity index (χ3v) is 5.38. The minimum Gasteiger partial charge on any atom is -0.350 e. The summed E-state index contributed by atoms with van der Waals surface area (Å²) in [6, 6.07) is 0.0453. The van der Waals surface area contributed by atoms with Crippen LogP contribution in [0.15, 0.2) is 0 Å². The summed E-state index contributed by atoms with van der Waals surface area (Å²) in [4.78, 5) is 35.3. The lowest BCUT2D eigenvalue weighted by Gasteiger charge is -2.39. The number of carbonyl (C=O) groups is 2. The Hall–Kier alpha value is -2.04. The second kappa shape index (κ2) is 11.4. The molecule has 2 amide bonds. The maximum Gasteiger partial charge on any atom is 0.233 e. The normalized spacial score (nSPS) is 18.2. The number of likely N-dealkylation sites (N-methyl/N-ethyl adjacent to an activating group) is 1. The molecule has 1 aromatic heterocycles. The van der Waals surface area contributed by atoms with Crippen molar-refractivity contribution in [1.82, 2.24) is 25.2 Å². The number of aromatic nitrogens is 2. The Morgan fingerprint density at radius 1 is 1.47 bits per heavy atom. The van der Waals surface area contributed by atoms with Crippen molar-refractivity contribution in [3.05, 3.63) is 16.8 Å². The van der Waals surface area contributed by atoms with E-state index in [9.17, 15) is 14.8 Å². The lowest BCUT2D eigenvalue weighted by Crippen LogP contribution is -2.51. The van der Waals surface area contributed by atoms with E-state index in [1.165, 1.54) is 0 Å². The van der Waals surface area contributed by atoms with Crippen molar-refractivity contribution in [2.75, 3.05) is 38.1 Å². The fourth-order valence-corrected chi connectivity index (χ4v) is 3.73. The number of unbranched alkanes of at least 4 members (excludes halogenated alkanes) is 1. The van der Waals surface area contributed by atoms with Crippen LogP contribution in [0.4, 0.5) is 10.2 Å². The molecule has 1 aromatic rings. The van der Waals surface area contributed by atoms with Crippen molar-refractivity contribution in [3.8, 4) is 0 Å². The minimum atomic E-state index is -0.613. The molecule has 1 saturated heterocycles. The van der Waals surface area contributed by atoms with E-state index in [-0.39, 0.29) is 42.3 Å². The summed E-state index contributed by atoms with van der Waals surface area (Å²) in [7, 11) is 2.01. The third-order valence-electron chi connectivity index (χ3n) is 5.21. The second-order valence-corrected chi connectivity index (χ2v) is 8.00. The van der Waals surface area contributed by atoms with E-state index in [1.54, 1.807) is 0 Å². The molecule has 2 N–H and O–H groups in total. The molecule has 0 unspecified atom stereocenters. The number of carbonyl (C=O) groups excluding carboxylic acids is 2. The summed E-state index contributed by atoms with van der Waals surface area (Å²) in [5, 5.41) is 12.4. The van der Waals surface area contributed by atoms with Crippen LogP contribution in [0.2, 0.25) is 5.28 Å². The Kier molecular flexibility index (Phi) is 9.19. The number of halogens is 2. The van der Waals surface area contributed by atoms with Gasteiger partial charge in [0.25, 0.3) is 0 Å². The highest BCUT2D eigenvalue weighted by atomic mass is 35.5. The van der Waals surface area contributed by atoms with Crippen LogP contribution < -0.4 is 10.2 Å². The number of rotatable bonds is 10. The van der Waals surface area contributed by atoms with Gasteiger partial charge in [-0.2, -0.15) is 4.98 Å². The van der Waals surface area contributed by atoms with E-state index in [2.05, 4.69) is 20.2 Å². The lowest BCUT2D eigenvalue weighted by atomic mass is 10.0. The Morgan fingerprint density at radius 3 is 2.83 bits per heavy atom. The van der Waals surface area contributed by atoms with Crippen molar-refractivity contribution in [2.45, 2.75) is 45.7 Å². The van der Waals surface area contributed by atoms with Crippen LogP contribution in [0.5, 0.6) is 0 Å². The summed E-state index contributed by atoms with van der Waals surface area (Å²) in [5.74, 6) is -1.49. The van der Waals surface area contributed by atoms with Crippen LogP contribution in [0.25, 0.3) is 0 Å². The molecule has 30 heavy (non-hydrogen) atoms. The van der Waals surface area contributed by atoms with Gasteiger partial charge in [0, 0.05) is 25.7 Å². The quantitative estimate of drug-likeness (QED) is 0.245. The van der Waals surface area contributed by atoms with Crippen LogP contribution in [-0.4, -0.2) is 76.7 Å². The first-order valence-electron chi connectivity index (χ1n) is 10.1. The molecule has 168 valence electrons. The first kappa shape index (κ1) is 24.2. The Morgan fingerprint density at radius 2 is 2.20 bits per heavy atom. The number of piperazine rings is 1. The average Bonchev–Trinajstić information content (AvgIpc) is 2.71. The molecule has 0 aromatic carbocycles. The molecule has 0 saturated carbocycles. The van der Waals surface area contributed by atoms with Crippen LogP contribution in [0, 0.1) is 11.7 Å². The van der Waals surface area contributed by atoms with Gasteiger partial charge in [0.2, 0.25) is 17.6 Å². The SMILES string of the molecule is CCCC[C@H](CN(O)C=O)C(=O)NCc1nc(Cl)nc(N2CCN(C)C[C@H]2C)c1F. The maximum atomic E-state index is 15.1. The predicted octanol–water partition coefficient (Wildman–Crippen LogP) is 1.68. The molecule has 1 aliphatic heterocycles. The van der Waals surface area contributed by atoms with Gasteiger partial charge in [-0.3, -0.25) is 14.8 Å². The molecule has 11 heteroatoms. The number of amides is 2. The van der Waals surface area contributed by atoms with E-state index in [0.717, 1.165) is 25.9 Å². The molecular formula is C19H30ClFN6O3. The van der Waals surface area contributed by atoms with Crippen molar-refractivity contribution in [1.29, 1.82) is 0 Å². The van der Waals surface area contributed by atoms with Gasteiger partial charge < -0.3 is 15.1 Å². The third kappa shape index (κ3) is 6.48. The molecule has 1 aliphatic rings. The smallest absolute Gasteiger partial charge is 0.233 e. The van der Waals surface area contributed by atoms with Gasteiger partial charge in [0.15, 0.2) is 11.6 Å². The fourth-order valence-electron chi connectivity index (χ4n) is 3.55. The summed E-state index contributed by atoms with van der Waals surface area (Å²) < 4.78 is 15.1. The molecule has 0 bridgehead atoms. The zero-order valence-electron chi connectivity index (χ0n) is 17.6. The zero-order valence-corrected chi connectivity index (χ0v) is 18.4. The molecule has 2 rings (SSSR count). The highest BCUT2D eigenvalue weighted by Crippen LogP contribution is 2.25. The van der Waals surface area contributed by atoms with Crippen LogP contribution in [0.3, 0.4) is 0 Å². The van der Waals surface area contributed by atoms with Gasteiger partial charge in [-0.25, -0.2) is 14.4 Å².